The lowest BCUT2D eigenvalue weighted by molar-refractivity contribution is 0.0520. The highest BCUT2D eigenvalue weighted by atomic mass is 16.5. The SMILES string of the molecule is CCOC(=O)c1cc2cc(C=O)ccc2[nH]1. The molecule has 0 radical (unpaired) electrons. The smallest absolute Gasteiger partial charge is 0.354 e. The van der Waals surface area contributed by atoms with Crippen molar-refractivity contribution in [1.82, 2.24) is 4.98 Å². The van der Waals surface area contributed by atoms with Gasteiger partial charge in [0.2, 0.25) is 0 Å². The maximum absolute atomic E-state index is 11.4. The molecule has 16 heavy (non-hydrogen) atoms. The predicted octanol–water partition coefficient (Wildman–Crippen LogP) is 2.16. The van der Waals surface area contributed by atoms with E-state index in [9.17, 15) is 9.59 Å². The van der Waals surface area contributed by atoms with Gasteiger partial charge in [-0.2, -0.15) is 0 Å². The van der Waals surface area contributed by atoms with Crippen molar-refractivity contribution >= 4 is 23.2 Å². The Morgan fingerprint density at radius 1 is 1.44 bits per heavy atom. The zero-order valence-corrected chi connectivity index (χ0v) is 8.82. The number of H-pyrrole nitrogens is 1. The lowest BCUT2D eigenvalue weighted by Crippen LogP contribution is -2.04. The third-order valence-electron chi connectivity index (χ3n) is 2.28. The first-order valence-corrected chi connectivity index (χ1v) is 4.99. The first-order valence-electron chi connectivity index (χ1n) is 4.99. The summed E-state index contributed by atoms with van der Waals surface area (Å²) in [6.07, 6.45) is 0.774. The van der Waals surface area contributed by atoms with Crippen molar-refractivity contribution in [2.24, 2.45) is 0 Å². The van der Waals surface area contributed by atoms with Crippen LogP contribution >= 0.6 is 0 Å². The standard InChI is InChI=1S/C12H11NO3/c1-2-16-12(15)11-6-9-5-8(7-14)3-4-10(9)13-11/h3-7,13H,2H2,1H3. The Balaban J connectivity index is 2.43. The van der Waals surface area contributed by atoms with Gasteiger partial charge >= 0.3 is 5.97 Å². The highest BCUT2D eigenvalue weighted by Crippen LogP contribution is 2.17. The molecule has 1 heterocycles. The van der Waals surface area contributed by atoms with E-state index in [2.05, 4.69) is 4.98 Å². The Labute approximate surface area is 92.2 Å². The van der Waals surface area contributed by atoms with Gasteiger partial charge in [0.25, 0.3) is 0 Å². The zero-order valence-electron chi connectivity index (χ0n) is 8.82. The van der Waals surface area contributed by atoms with Crippen molar-refractivity contribution in [2.45, 2.75) is 6.92 Å². The van der Waals surface area contributed by atoms with Gasteiger partial charge in [-0.1, -0.05) is 0 Å². The van der Waals surface area contributed by atoms with Gasteiger partial charge in [0.05, 0.1) is 6.61 Å². The number of aldehydes is 1. The summed E-state index contributed by atoms with van der Waals surface area (Å²) >= 11 is 0. The topological polar surface area (TPSA) is 59.2 Å². The normalized spacial score (nSPS) is 10.3. The number of benzene rings is 1. The quantitative estimate of drug-likeness (QED) is 0.633. The first kappa shape index (κ1) is 10.4. The molecule has 1 aromatic heterocycles. The number of esters is 1. The number of aromatic amines is 1. The lowest BCUT2D eigenvalue weighted by Gasteiger charge is -1.96. The summed E-state index contributed by atoms with van der Waals surface area (Å²) in [5.74, 6) is -0.383. The number of rotatable bonds is 3. The van der Waals surface area contributed by atoms with Crippen LogP contribution in [0.4, 0.5) is 0 Å². The van der Waals surface area contributed by atoms with Crippen LogP contribution in [-0.2, 0) is 4.74 Å². The van der Waals surface area contributed by atoms with Crippen molar-refractivity contribution in [3.63, 3.8) is 0 Å². The number of ether oxygens (including phenoxy) is 1. The maximum atomic E-state index is 11.4. The lowest BCUT2D eigenvalue weighted by atomic mass is 10.2. The van der Waals surface area contributed by atoms with Gasteiger partial charge in [-0.3, -0.25) is 4.79 Å². The van der Waals surface area contributed by atoms with Gasteiger partial charge in [-0.15, -0.1) is 0 Å². The summed E-state index contributed by atoms with van der Waals surface area (Å²) < 4.78 is 4.87. The Hall–Kier alpha value is -2.10. The van der Waals surface area contributed by atoms with E-state index in [-0.39, 0.29) is 5.97 Å². The number of hydrogen-bond donors (Lipinski definition) is 1. The molecule has 0 aliphatic rings. The number of aromatic nitrogens is 1. The van der Waals surface area contributed by atoms with Gasteiger partial charge < -0.3 is 9.72 Å². The molecule has 0 amide bonds. The Bertz CT molecular complexity index is 542. The minimum Gasteiger partial charge on any atom is -0.461 e. The molecule has 0 saturated heterocycles. The molecule has 0 bridgehead atoms. The van der Waals surface area contributed by atoms with Crippen LogP contribution in [0.3, 0.4) is 0 Å². The molecule has 0 unspecified atom stereocenters. The van der Waals surface area contributed by atoms with Crippen LogP contribution in [0.15, 0.2) is 24.3 Å². The number of carbonyl (C=O) groups is 2. The van der Waals surface area contributed by atoms with E-state index in [0.717, 1.165) is 17.2 Å². The molecule has 0 saturated carbocycles. The molecule has 82 valence electrons. The van der Waals surface area contributed by atoms with Crippen LogP contribution in [0.2, 0.25) is 0 Å². The van der Waals surface area contributed by atoms with E-state index in [4.69, 9.17) is 4.74 Å². The highest BCUT2D eigenvalue weighted by molar-refractivity contribution is 5.96. The number of nitrogens with one attached hydrogen (secondary N) is 1. The van der Waals surface area contributed by atoms with Crippen LogP contribution in [0.25, 0.3) is 10.9 Å². The number of fused-ring (bicyclic) bond motifs is 1. The van der Waals surface area contributed by atoms with Crippen molar-refractivity contribution in [3.05, 3.63) is 35.5 Å². The third kappa shape index (κ3) is 1.82. The van der Waals surface area contributed by atoms with Gasteiger partial charge in [0.1, 0.15) is 12.0 Å². The van der Waals surface area contributed by atoms with Crippen molar-refractivity contribution in [2.75, 3.05) is 6.61 Å². The molecule has 0 atom stereocenters. The average molecular weight is 217 g/mol. The monoisotopic (exact) mass is 217 g/mol. The molecule has 4 nitrogen and oxygen atoms in total. The van der Waals surface area contributed by atoms with Crippen LogP contribution < -0.4 is 0 Å². The van der Waals surface area contributed by atoms with E-state index in [1.54, 1.807) is 31.2 Å². The third-order valence-corrected chi connectivity index (χ3v) is 2.28. The molecule has 4 heteroatoms. The molecule has 1 N–H and O–H groups in total. The Morgan fingerprint density at radius 2 is 2.25 bits per heavy atom. The zero-order chi connectivity index (χ0) is 11.5. The fourth-order valence-corrected chi connectivity index (χ4v) is 1.54. The molecule has 2 aromatic rings. The molecule has 0 aliphatic heterocycles. The van der Waals surface area contributed by atoms with Gasteiger partial charge in [0.15, 0.2) is 0 Å². The summed E-state index contributed by atoms with van der Waals surface area (Å²) in [4.78, 5) is 25.0. The minimum atomic E-state index is -0.383. The van der Waals surface area contributed by atoms with Crippen molar-refractivity contribution in [3.8, 4) is 0 Å². The van der Waals surface area contributed by atoms with Crippen LogP contribution in [0.5, 0.6) is 0 Å². The van der Waals surface area contributed by atoms with E-state index in [1.165, 1.54) is 0 Å². The Morgan fingerprint density at radius 3 is 2.94 bits per heavy atom. The molecule has 0 spiro atoms. The second-order valence-electron chi connectivity index (χ2n) is 3.37. The Kier molecular flexibility index (Phi) is 2.72. The van der Waals surface area contributed by atoms with E-state index in [0.29, 0.717) is 17.9 Å². The summed E-state index contributed by atoms with van der Waals surface area (Å²) in [6.45, 7) is 2.10. The van der Waals surface area contributed by atoms with Gasteiger partial charge in [-0.05, 0) is 31.2 Å². The summed E-state index contributed by atoms with van der Waals surface area (Å²) in [6, 6.07) is 6.87. The van der Waals surface area contributed by atoms with E-state index < -0.39 is 0 Å². The molecule has 2 rings (SSSR count). The summed E-state index contributed by atoms with van der Waals surface area (Å²) in [5.41, 5.74) is 1.80. The van der Waals surface area contributed by atoms with Crippen LogP contribution in [-0.4, -0.2) is 23.8 Å². The molecular formula is C12H11NO3. The highest BCUT2D eigenvalue weighted by Gasteiger charge is 2.10. The average Bonchev–Trinajstić information content (AvgIpc) is 2.71. The van der Waals surface area contributed by atoms with E-state index >= 15 is 0 Å². The fourth-order valence-electron chi connectivity index (χ4n) is 1.54. The van der Waals surface area contributed by atoms with Crippen molar-refractivity contribution in [1.29, 1.82) is 0 Å². The van der Waals surface area contributed by atoms with Crippen molar-refractivity contribution < 1.29 is 14.3 Å². The van der Waals surface area contributed by atoms with Gasteiger partial charge in [0, 0.05) is 16.5 Å². The first-order chi connectivity index (χ1) is 7.74. The van der Waals surface area contributed by atoms with Crippen LogP contribution in [0.1, 0.15) is 27.8 Å². The molecule has 1 aromatic carbocycles. The number of hydrogen-bond acceptors (Lipinski definition) is 3. The molecule has 0 fully saturated rings. The predicted molar refractivity (Wildman–Crippen MR) is 59.6 cm³/mol. The molecule has 0 aliphatic carbocycles. The van der Waals surface area contributed by atoms with E-state index in [1.807, 2.05) is 0 Å². The number of carbonyl (C=O) groups excluding carboxylic acids is 2. The summed E-state index contributed by atoms with van der Waals surface area (Å²) in [7, 11) is 0. The fraction of sp³-hybridized carbons (Fsp3) is 0.167. The van der Waals surface area contributed by atoms with Gasteiger partial charge in [-0.25, -0.2) is 4.79 Å². The maximum Gasteiger partial charge on any atom is 0.354 e. The minimum absolute atomic E-state index is 0.341. The van der Waals surface area contributed by atoms with Crippen LogP contribution in [0, 0.1) is 0 Å². The second kappa shape index (κ2) is 4.18. The largest absolute Gasteiger partial charge is 0.461 e. The summed E-state index contributed by atoms with van der Waals surface area (Å²) in [5, 5.41) is 0.827. The second-order valence-corrected chi connectivity index (χ2v) is 3.37. The molecular weight excluding hydrogens is 206 g/mol.